The van der Waals surface area contributed by atoms with E-state index in [1.165, 1.54) is 0 Å². The normalized spacial score (nSPS) is 15.6. The van der Waals surface area contributed by atoms with Gasteiger partial charge in [-0.1, -0.05) is 0 Å². The topological polar surface area (TPSA) is 72.9 Å². The van der Waals surface area contributed by atoms with Gasteiger partial charge in [0.15, 0.2) is 5.82 Å². The van der Waals surface area contributed by atoms with Crippen LogP contribution in [-0.4, -0.2) is 15.7 Å². The molecule has 1 amide bonds. The van der Waals surface area contributed by atoms with Gasteiger partial charge in [0.1, 0.15) is 5.82 Å². The Labute approximate surface area is 69.5 Å². The van der Waals surface area contributed by atoms with Gasteiger partial charge in [-0.3, -0.25) is 9.48 Å². The lowest BCUT2D eigenvalue weighted by Gasteiger charge is -2.12. The lowest BCUT2D eigenvalue weighted by atomic mass is 10.1. The maximum atomic E-state index is 11.0. The Hall–Kier alpha value is -1.52. The molecule has 2 rings (SSSR count). The average Bonchev–Trinajstić information content (AvgIpc) is 2.28. The van der Waals surface area contributed by atoms with E-state index in [9.17, 15) is 4.79 Å². The second-order valence-corrected chi connectivity index (χ2v) is 2.88. The predicted octanol–water partition coefficient (Wildman–Crippen LogP) is -0.113. The molecular formula is C7H10N4O. The molecule has 2 heterocycles. The molecule has 0 unspecified atom stereocenters. The number of nitrogens with zero attached hydrogens (tertiary/aromatic N) is 2. The molecule has 0 atom stereocenters. The molecule has 5 heteroatoms. The molecule has 0 saturated carbocycles. The number of anilines is 2. The number of nitrogens with one attached hydrogen (secondary N) is 1. The van der Waals surface area contributed by atoms with E-state index in [2.05, 4.69) is 10.4 Å². The maximum Gasteiger partial charge on any atom is 0.225 e. The number of amides is 1. The van der Waals surface area contributed by atoms with E-state index in [1.807, 2.05) is 0 Å². The third-order valence-electron chi connectivity index (χ3n) is 2.04. The molecule has 1 aromatic rings. The Balaban J connectivity index is 2.51. The lowest BCUT2D eigenvalue weighted by molar-refractivity contribution is -0.116. The number of aryl methyl sites for hydroxylation is 1. The Bertz CT molecular complexity index is 341. The Morgan fingerprint density at radius 1 is 1.58 bits per heavy atom. The number of hydrogen-bond acceptors (Lipinski definition) is 3. The first-order chi connectivity index (χ1) is 5.68. The Kier molecular flexibility index (Phi) is 1.33. The number of rotatable bonds is 0. The van der Waals surface area contributed by atoms with Gasteiger partial charge in [-0.05, 0) is 6.42 Å². The summed E-state index contributed by atoms with van der Waals surface area (Å²) in [4.78, 5) is 11.0. The van der Waals surface area contributed by atoms with E-state index in [0.29, 0.717) is 18.7 Å². The molecule has 12 heavy (non-hydrogen) atoms. The number of nitrogen functional groups attached to an aromatic ring is 1. The molecule has 3 N–H and O–H groups in total. The highest BCUT2D eigenvalue weighted by Gasteiger charge is 2.21. The van der Waals surface area contributed by atoms with Crippen LogP contribution in [0.1, 0.15) is 12.0 Å². The molecule has 0 saturated heterocycles. The summed E-state index contributed by atoms with van der Waals surface area (Å²) in [5.41, 5.74) is 6.58. The second kappa shape index (κ2) is 2.23. The first-order valence-corrected chi connectivity index (χ1v) is 3.79. The van der Waals surface area contributed by atoms with Crippen LogP contribution in [0.25, 0.3) is 0 Å². The number of carbonyl (C=O) groups is 1. The monoisotopic (exact) mass is 166 g/mol. The third-order valence-corrected chi connectivity index (χ3v) is 2.04. The van der Waals surface area contributed by atoms with Gasteiger partial charge in [-0.15, -0.1) is 0 Å². The minimum Gasteiger partial charge on any atom is -0.382 e. The SMILES string of the molecule is Cn1nc(N)c2c1NC(=O)CC2. The van der Waals surface area contributed by atoms with Crippen LogP contribution in [-0.2, 0) is 18.3 Å². The fourth-order valence-corrected chi connectivity index (χ4v) is 1.42. The molecule has 0 aliphatic carbocycles. The highest BCUT2D eigenvalue weighted by atomic mass is 16.1. The third kappa shape index (κ3) is 0.861. The van der Waals surface area contributed by atoms with Crippen LogP contribution in [0, 0.1) is 0 Å². The van der Waals surface area contributed by atoms with Crippen LogP contribution in [0.5, 0.6) is 0 Å². The van der Waals surface area contributed by atoms with Crippen LogP contribution >= 0.6 is 0 Å². The summed E-state index contributed by atoms with van der Waals surface area (Å²) in [5, 5.41) is 6.74. The smallest absolute Gasteiger partial charge is 0.225 e. The highest BCUT2D eigenvalue weighted by molar-refractivity contribution is 5.93. The van der Waals surface area contributed by atoms with Crippen LogP contribution in [0.3, 0.4) is 0 Å². The zero-order chi connectivity index (χ0) is 8.72. The summed E-state index contributed by atoms with van der Waals surface area (Å²) >= 11 is 0. The number of aromatic nitrogens is 2. The van der Waals surface area contributed by atoms with Crippen LogP contribution in [0.2, 0.25) is 0 Å². The van der Waals surface area contributed by atoms with E-state index in [0.717, 1.165) is 11.4 Å². The van der Waals surface area contributed by atoms with Gasteiger partial charge < -0.3 is 11.1 Å². The molecule has 5 nitrogen and oxygen atoms in total. The van der Waals surface area contributed by atoms with Gasteiger partial charge in [0.05, 0.1) is 0 Å². The fourth-order valence-electron chi connectivity index (χ4n) is 1.42. The summed E-state index contributed by atoms with van der Waals surface area (Å²) < 4.78 is 1.60. The quantitative estimate of drug-likeness (QED) is 0.564. The van der Waals surface area contributed by atoms with Gasteiger partial charge in [0.2, 0.25) is 5.91 Å². The first kappa shape index (κ1) is 7.15. The summed E-state index contributed by atoms with van der Waals surface area (Å²) in [6.07, 6.45) is 1.20. The molecule has 1 aliphatic rings. The molecule has 0 bridgehead atoms. The van der Waals surface area contributed by atoms with E-state index in [4.69, 9.17) is 5.73 Å². The number of hydrogen-bond donors (Lipinski definition) is 2. The van der Waals surface area contributed by atoms with Gasteiger partial charge in [-0.2, -0.15) is 5.10 Å². The van der Waals surface area contributed by atoms with Crippen molar-refractivity contribution in [2.75, 3.05) is 11.1 Å². The zero-order valence-corrected chi connectivity index (χ0v) is 6.79. The van der Waals surface area contributed by atoms with Crippen molar-refractivity contribution in [3.05, 3.63) is 5.56 Å². The minimum atomic E-state index is 0.0329. The van der Waals surface area contributed by atoms with Gasteiger partial charge in [-0.25, -0.2) is 0 Å². The Morgan fingerprint density at radius 2 is 2.33 bits per heavy atom. The van der Waals surface area contributed by atoms with E-state index in [-0.39, 0.29) is 5.91 Å². The highest BCUT2D eigenvalue weighted by Crippen LogP contribution is 2.26. The van der Waals surface area contributed by atoms with Crippen molar-refractivity contribution in [3.63, 3.8) is 0 Å². The van der Waals surface area contributed by atoms with Gasteiger partial charge in [0.25, 0.3) is 0 Å². The first-order valence-electron chi connectivity index (χ1n) is 3.79. The number of carbonyl (C=O) groups excluding carboxylic acids is 1. The summed E-state index contributed by atoms with van der Waals surface area (Å²) in [6, 6.07) is 0. The minimum absolute atomic E-state index is 0.0329. The number of fused-ring (bicyclic) bond motifs is 1. The Morgan fingerprint density at radius 3 is 3.08 bits per heavy atom. The molecule has 1 aliphatic heterocycles. The van der Waals surface area contributed by atoms with E-state index in [1.54, 1.807) is 11.7 Å². The van der Waals surface area contributed by atoms with Crippen molar-refractivity contribution in [2.24, 2.45) is 7.05 Å². The fraction of sp³-hybridized carbons (Fsp3) is 0.429. The maximum absolute atomic E-state index is 11.0. The van der Waals surface area contributed by atoms with Crippen LogP contribution < -0.4 is 11.1 Å². The van der Waals surface area contributed by atoms with Gasteiger partial charge in [0, 0.05) is 19.0 Å². The van der Waals surface area contributed by atoms with Crippen molar-refractivity contribution in [2.45, 2.75) is 12.8 Å². The van der Waals surface area contributed by atoms with Crippen molar-refractivity contribution < 1.29 is 4.79 Å². The van der Waals surface area contributed by atoms with Crippen molar-refractivity contribution >= 4 is 17.5 Å². The molecule has 0 spiro atoms. The molecule has 0 radical (unpaired) electrons. The average molecular weight is 166 g/mol. The van der Waals surface area contributed by atoms with E-state index >= 15 is 0 Å². The largest absolute Gasteiger partial charge is 0.382 e. The summed E-state index contributed by atoms with van der Waals surface area (Å²) in [6.45, 7) is 0. The van der Waals surface area contributed by atoms with Crippen molar-refractivity contribution in [1.82, 2.24) is 9.78 Å². The predicted molar refractivity (Wildman–Crippen MR) is 44.6 cm³/mol. The lowest BCUT2D eigenvalue weighted by Crippen LogP contribution is -2.20. The molecule has 64 valence electrons. The van der Waals surface area contributed by atoms with Crippen molar-refractivity contribution in [3.8, 4) is 0 Å². The molecule has 1 aromatic heterocycles. The van der Waals surface area contributed by atoms with Gasteiger partial charge >= 0.3 is 0 Å². The molecule has 0 fully saturated rings. The number of nitrogens with two attached hydrogens (primary N) is 1. The van der Waals surface area contributed by atoms with Crippen LogP contribution in [0.15, 0.2) is 0 Å². The molecular weight excluding hydrogens is 156 g/mol. The van der Waals surface area contributed by atoms with Crippen LogP contribution in [0.4, 0.5) is 11.6 Å². The second-order valence-electron chi connectivity index (χ2n) is 2.88. The summed E-state index contributed by atoms with van der Waals surface area (Å²) in [7, 11) is 1.76. The standard InChI is InChI=1S/C7H10N4O/c1-11-7-4(6(8)10-11)2-3-5(12)9-7/h2-3H2,1H3,(H2,8,10)(H,9,12). The van der Waals surface area contributed by atoms with E-state index < -0.39 is 0 Å². The zero-order valence-electron chi connectivity index (χ0n) is 6.79. The molecule has 0 aromatic carbocycles. The van der Waals surface area contributed by atoms with Crippen molar-refractivity contribution in [1.29, 1.82) is 0 Å². The summed E-state index contributed by atoms with van der Waals surface area (Å²) in [5.74, 6) is 1.29.